The summed E-state index contributed by atoms with van der Waals surface area (Å²) < 4.78 is 5.13. The molecule has 8 nitrogen and oxygen atoms in total. The van der Waals surface area contributed by atoms with Crippen LogP contribution in [-0.4, -0.2) is 77.9 Å². The Morgan fingerprint density at radius 2 is 1.70 bits per heavy atom. The van der Waals surface area contributed by atoms with Crippen molar-refractivity contribution in [2.24, 2.45) is 0 Å². The Morgan fingerprint density at radius 3 is 2.00 bits per heavy atom. The predicted octanol–water partition coefficient (Wildman–Crippen LogP) is 0.325. The Morgan fingerprint density at radius 1 is 1.20 bits per heavy atom. The molecule has 1 rings (SSSR count). The number of ether oxygens (including phenoxy) is 1. The molecule has 0 aliphatic carbocycles. The lowest BCUT2D eigenvalue weighted by molar-refractivity contribution is -0.159. The summed E-state index contributed by atoms with van der Waals surface area (Å²) in [5.74, 6) is -3.65. The van der Waals surface area contributed by atoms with Crippen molar-refractivity contribution in [3.05, 3.63) is 0 Å². The molecule has 1 aliphatic rings. The van der Waals surface area contributed by atoms with Crippen molar-refractivity contribution in [2.75, 3.05) is 33.8 Å². The fraction of sp³-hybridized carbons (Fsp3) is 0.750. The standard InChI is InChI=1S/C10H20N2O2.C2H2O4/c1-9(11(2)3)5-8-14-10(13)12-6-4-7-12;3-1(4)2(5)6/h9H,4-8H2,1-3H3;(H,3,4)(H,5,6). The minimum Gasteiger partial charge on any atom is -0.473 e. The molecule has 1 amide bonds. The molecule has 1 aliphatic heterocycles. The number of likely N-dealkylation sites (tertiary alicyclic amines) is 1. The van der Waals surface area contributed by atoms with E-state index in [-0.39, 0.29) is 6.09 Å². The zero-order valence-electron chi connectivity index (χ0n) is 12.0. The van der Waals surface area contributed by atoms with E-state index >= 15 is 0 Å². The average molecular weight is 290 g/mol. The number of aliphatic carboxylic acids is 2. The molecule has 0 aromatic carbocycles. The van der Waals surface area contributed by atoms with Gasteiger partial charge in [-0.15, -0.1) is 0 Å². The first kappa shape index (κ1) is 18.2. The predicted molar refractivity (Wildman–Crippen MR) is 70.6 cm³/mol. The van der Waals surface area contributed by atoms with E-state index in [9.17, 15) is 4.79 Å². The summed E-state index contributed by atoms with van der Waals surface area (Å²) in [6, 6.07) is 0.458. The topological polar surface area (TPSA) is 107 Å². The van der Waals surface area contributed by atoms with Crippen molar-refractivity contribution in [3.63, 3.8) is 0 Å². The van der Waals surface area contributed by atoms with Gasteiger partial charge in [-0.3, -0.25) is 0 Å². The van der Waals surface area contributed by atoms with Crippen LogP contribution in [0.25, 0.3) is 0 Å². The fourth-order valence-electron chi connectivity index (χ4n) is 1.17. The highest BCUT2D eigenvalue weighted by atomic mass is 16.6. The Labute approximate surface area is 117 Å². The Hall–Kier alpha value is -1.83. The molecule has 0 aromatic heterocycles. The van der Waals surface area contributed by atoms with Crippen molar-refractivity contribution in [3.8, 4) is 0 Å². The number of rotatable bonds is 4. The van der Waals surface area contributed by atoms with Crippen LogP contribution in [0.5, 0.6) is 0 Å². The van der Waals surface area contributed by atoms with Gasteiger partial charge in [0.1, 0.15) is 0 Å². The molecular weight excluding hydrogens is 268 g/mol. The third-order valence-corrected chi connectivity index (χ3v) is 2.94. The molecule has 116 valence electrons. The first-order valence-corrected chi connectivity index (χ1v) is 6.30. The molecule has 0 spiro atoms. The van der Waals surface area contributed by atoms with E-state index in [0.29, 0.717) is 12.6 Å². The summed E-state index contributed by atoms with van der Waals surface area (Å²) in [6.45, 7) is 4.37. The van der Waals surface area contributed by atoms with E-state index in [1.807, 2.05) is 14.1 Å². The molecule has 0 radical (unpaired) electrons. The van der Waals surface area contributed by atoms with E-state index in [0.717, 1.165) is 25.9 Å². The van der Waals surface area contributed by atoms with Crippen molar-refractivity contribution in [1.29, 1.82) is 0 Å². The lowest BCUT2D eigenvalue weighted by Gasteiger charge is -2.30. The van der Waals surface area contributed by atoms with Crippen LogP contribution in [0.2, 0.25) is 0 Å². The SMILES string of the molecule is CC(CCOC(=O)N1CCC1)N(C)C.O=C(O)C(=O)O. The van der Waals surface area contributed by atoms with E-state index in [4.69, 9.17) is 24.5 Å². The van der Waals surface area contributed by atoms with Gasteiger partial charge in [-0.25, -0.2) is 14.4 Å². The van der Waals surface area contributed by atoms with Crippen LogP contribution >= 0.6 is 0 Å². The van der Waals surface area contributed by atoms with Gasteiger partial charge in [0.05, 0.1) is 6.61 Å². The lowest BCUT2D eigenvalue weighted by atomic mass is 10.2. The number of carbonyl (C=O) groups is 3. The molecule has 1 fully saturated rings. The van der Waals surface area contributed by atoms with Crippen molar-refractivity contribution in [1.82, 2.24) is 9.80 Å². The van der Waals surface area contributed by atoms with Crippen LogP contribution in [0.15, 0.2) is 0 Å². The van der Waals surface area contributed by atoms with Gasteiger partial charge in [-0.1, -0.05) is 0 Å². The highest BCUT2D eigenvalue weighted by molar-refractivity contribution is 6.27. The van der Waals surface area contributed by atoms with Crippen LogP contribution in [0.1, 0.15) is 19.8 Å². The summed E-state index contributed by atoms with van der Waals surface area (Å²) in [4.78, 5) is 33.3. The van der Waals surface area contributed by atoms with E-state index in [2.05, 4.69) is 11.8 Å². The van der Waals surface area contributed by atoms with Crippen LogP contribution in [0.3, 0.4) is 0 Å². The monoisotopic (exact) mass is 290 g/mol. The fourth-order valence-corrected chi connectivity index (χ4v) is 1.17. The van der Waals surface area contributed by atoms with Crippen LogP contribution in [0, 0.1) is 0 Å². The summed E-state index contributed by atoms with van der Waals surface area (Å²) in [5.41, 5.74) is 0. The number of carboxylic acid groups (broad SMARTS) is 2. The molecule has 0 bridgehead atoms. The second-order valence-corrected chi connectivity index (χ2v) is 4.67. The summed E-state index contributed by atoms with van der Waals surface area (Å²) in [7, 11) is 4.06. The molecule has 20 heavy (non-hydrogen) atoms. The van der Waals surface area contributed by atoms with Gasteiger partial charge < -0.3 is 24.7 Å². The van der Waals surface area contributed by atoms with Gasteiger partial charge in [0.2, 0.25) is 0 Å². The van der Waals surface area contributed by atoms with E-state index in [1.54, 1.807) is 4.90 Å². The molecule has 2 N–H and O–H groups in total. The summed E-state index contributed by atoms with van der Waals surface area (Å²) >= 11 is 0. The lowest BCUT2D eigenvalue weighted by Crippen LogP contribution is -2.42. The zero-order valence-corrected chi connectivity index (χ0v) is 12.0. The molecule has 1 unspecified atom stereocenters. The third kappa shape index (κ3) is 7.57. The van der Waals surface area contributed by atoms with Crippen molar-refractivity contribution >= 4 is 18.0 Å². The van der Waals surface area contributed by atoms with Crippen molar-refractivity contribution in [2.45, 2.75) is 25.8 Å². The number of carboxylic acids is 2. The maximum absolute atomic E-state index is 11.3. The third-order valence-electron chi connectivity index (χ3n) is 2.94. The minimum absolute atomic E-state index is 0.151. The van der Waals surface area contributed by atoms with Gasteiger partial charge >= 0.3 is 18.0 Å². The Balaban J connectivity index is 0.000000511. The van der Waals surface area contributed by atoms with Gasteiger partial charge in [-0.05, 0) is 33.9 Å². The number of hydrogen-bond acceptors (Lipinski definition) is 5. The van der Waals surface area contributed by atoms with E-state index < -0.39 is 11.9 Å². The first-order chi connectivity index (χ1) is 9.25. The van der Waals surface area contributed by atoms with Gasteiger partial charge in [0.25, 0.3) is 0 Å². The van der Waals surface area contributed by atoms with Gasteiger partial charge in [0, 0.05) is 19.1 Å². The van der Waals surface area contributed by atoms with E-state index in [1.165, 1.54) is 0 Å². The second kappa shape index (κ2) is 9.13. The Kier molecular flexibility index (Phi) is 8.30. The van der Waals surface area contributed by atoms with Crippen molar-refractivity contribution < 1.29 is 29.3 Å². The number of carbonyl (C=O) groups excluding carboxylic acids is 1. The number of amides is 1. The summed E-state index contributed by atoms with van der Waals surface area (Å²) in [6.07, 6.45) is 1.86. The second-order valence-electron chi connectivity index (χ2n) is 4.67. The molecule has 1 heterocycles. The Bertz CT molecular complexity index is 329. The van der Waals surface area contributed by atoms with Gasteiger partial charge in [-0.2, -0.15) is 0 Å². The average Bonchev–Trinajstić information content (AvgIpc) is 2.26. The molecule has 8 heteroatoms. The first-order valence-electron chi connectivity index (χ1n) is 6.30. The zero-order chi connectivity index (χ0) is 15.7. The molecular formula is C12H22N2O6. The van der Waals surface area contributed by atoms with Gasteiger partial charge in [0.15, 0.2) is 0 Å². The number of hydrogen-bond donors (Lipinski definition) is 2. The minimum atomic E-state index is -1.82. The van der Waals surface area contributed by atoms with Crippen LogP contribution in [0.4, 0.5) is 4.79 Å². The molecule has 1 saturated heterocycles. The smallest absolute Gasteiger partial charge is 0.414 e. The molecule has 1 atom stereocenters. The largest absolute Gasteiger partial charge is 0.473 e. The normalized spacial score (nSPS) is 14.7. The highest BCUT2D eigenvalue weighted by Crippen LogP contribution is 2.08. The number of nitrogens with zero attached hydrogens (tertiary/aromatic N) is 2. The highest BCUT2D eigenvalue weighted by Gasteiger charge is 2.21. The van der Waals surface area contributed by atoms with Crippen LogP contribution in [-0.2, 0) is 14.3 Å². The van der Waals surface area contributed by atoms with Crippen LogP contribution < -0.4 is 0 Å². The molecule has 0 aromatic rings. The molecule has 0 saturated carbocycles. The maximum atomic E-state index is 11.3. The summed E-state index contributed by atoms with van der Waals surface area (Å²) in [5, 5.41) is 14.8. The maximum Gasteiger partial charge on any atom is 0.414 e. The quantitative estimate of drug-likeness (QED) is 0.718.